The van der Waals surface area contributed by atoms with E-state index in [1.165, 1.54) is 0 Å². The molecule has 0 saturated carbocycles. The molecule has 66 valence electrons. The molecule has 13 heavy (non-hydrogen) atoms. The highest BCUT2D eigenvalue weighted by molar-refractivity contribution is 5.72. The number of nitrogens with zero attached hydrogens (tertiary/aromatic N) is 1. The third-order valence-corrected chi connectivity index (χ3v) is 1.90. The van der Waals surface area contributed by atoms with Crippen molar-refractivity contribution in [2.75, 3.05) is 0 Å². The fourth-order valence-corrected chi connectivity index (χ4v) is 1.22. The molecule has 0 bridgehead atoms. The van der Waals surface area contributed by atoms with Crippen molar-refractivity contribution in [3.8, 4) is 0 Å². The second-order valence-corrected chi connectivity index (χ2v) is 2.82. The fraction of sp³-hybridized carbons (Fsp3) is 0.100. The van der Waals surface area contributed by atoms with Crippen LogP contribution in [0.15, 0.2) is 47.6 Å². The van der Waals surface area contributed by atoms with Crippen LogP contribution in [0.25, 0.3) is 0 Å². The van der Waals surface area contributed by atoms with Gasteiger partial charge in [-0.1, -0.05) is 30.3 Å². The Morgan fingerprint density at radius 3 is 2.62 bits per heavy atom. The van der Waals surface area contributed by atoms with Gasteiger partial charge >= 0.3 is 0 Å². The second kappa shape index (κ2) is 3.03. The monoisotopic (exact) mass is 174 g/mol. The summed E-state index contributed by atoms with van der Waals surface area (Å²) >= 11 is 0. The predicted molar refractivity (Wildman–Crippen MR) is 51.1 cm³/mol. The molecule has 0 saturated heterocycles. The molecular formula is C10H10N2O. The maximum atomic E-state index is 9.98. The fourth-order valence-electron chi connectivity index (χ4n) is 1.22. The Kier molecular flexibility index (Phi) is 1.87. The van der Waals surface area contributed by atoms with Crippen molar-refractivity contribution in [3.05, 3.63) is 48.2 Å². The minimum atomic E-state index is -1.30. The van der Waals surface area contributed by atoms with E-state index in [1.54, 1.807) is 18.5 Å². The maximum absolute atomic E-state index is 9.98. The Hall–Kier alpha value is -1.61. The summed E-state index contributed by atoms with van der Waals surface area (Å²) in [5.41, 5.74) is 0.732. The predicted octanol–water partition coefficient (Wildman–Crippen LogP) is 0.977. The van der Waals surface area contributed by atoms with Crippen molar-refractivity contribution < 1.29 is 5.11 Å². The zero-order valence-corrected chi connectivity index (χ0v) is 7.01. The van der Waals surface area contributed by atoms with Gasteiger partial charge < -0.3 is 10.4 Å². The lowest BCUT2D eigenvalue weighted by Gasteiger charge is -2.25. The van der Waals surface area contributed by atoms with Gasteiger partial charge in [0, 0.05) is 18.0 Å². The number of benzene rings is 1. The molecule has 1 aliphatic heterocycles. The molecule has 0 radical (unpaired) electrons. The number of aliphatic hydroxyl groups is 1. The van der Waals surface area contributed by atoms with E-state index < -0.39 is 5.85 Å². The third-order valence-electron chi connectivity index (χ3n) is 1.90. The molecule has 0 aromatic heterocycles. The van der Waals surface area contributed by atoms with Crippen molar-refractivity contribution in [1.82, 2.24) is 5.32 Å². The zero-order chi connectivity index (χ0) is 9.15. The molecule has 1 unspecified atom stereocenters. The van der Waals surface area contributed by atoms with E-state index in [9.17, 15) is 5.11 Å². The first kappa shape index (κ1) is 8.01. The molecule has 1 aromatic carbocycles. The highest BCUT2D eigenvalue weighted by Gasteiger charge is 2.26. The van der Waals surface area contributed by atoms with Crippen LogP contribution in [0.5, 0.6) is 0 Å². The first-order chi connectivity index (χ1) is 6.31. The molecule has 1 heterocycles. The van der Waals surface area contributed by atoms with Crippen LogP contribution in [0.2, 0.25) is 0 Å². The molecule has 0 spiro atoms. The SMILES string of the molecule is OC1(c2ccccc2)N=CC=CN1. The van der Waals surface area contributed by atoms with Crippen molar-refractivity contribution in [1.29, 1.82) is 0 Å². The average Bonchev–Trinajstić information content (AvgIpc) is 2.20. The van der Waals surface area contributed by atoms with Gasteiger partial charge in [0.2, 0.25) is 0 Å². The minimum Gasteiger partial charge on any atom is -0.349 e. The smallest absolute Gasteiger partial charge is 0.261 e. The summed E-state index contributed by atoms with van der Waals surface area (Å²) in [7, 11) is 0. The van der Waals surface area contributed by atoms with Gasteiger partial charge in [0.15, 0.2) is 0 Å². The minimum absolute atomic E-state index is 0.732. The van der Waals surface area contributed by atoms with E-state index in [2.05, 4.69) is 10.3 Å². The van der Waals surface area contributed by atoms with Crippen molar-refractivity contribution in [3.63, 3.8) is 0 Å². The van der Waals surface area contributed by atoms with Gasteiger partial charge in [0.25, 0.3) is 5.85 Å². The van der Waals surface area contributed by atoms with Crippen LogP contribution < -0.4 is 5.32 Å². The Labute approximate surface area is 76.4 Å². The van der Waals surface area contributed by atoms with Crippen LogP contribution in [0, 0.1) is 0 Å². The van der Waals surface area contributed by atoms with Gasteiger partial charge in [-0.25, -0.2) is 4.99 Å². The summed E-state index contributed by atoms with van der Waals surface area (Å²) in [5.74, 6) is -1.30. The van der Waals surface area contributed by atoms with Gasteiger partial charge in [0.05, 0.1) is 0 Å². The van der Waals surface area contributed by atoms with Crippen LogP contribution in [0.1, 0.15) is 5.56 Å². The third kappa shape index (κ3) is 1.46. The van der Waals surface area contributed by atoms with Crippen molar-refractivity contribution >= 4 is 6.21 Å². The first-order valence-corrected chi connectivity index (χ1v) is 4.07. The van der Waals surface area contributed by atoms with Gasteiger partial charge in [-0.2, -0.15) is 0 Å². The van der Waals surface area contributed by atoms with Crippen LogP contribution in [0.4, 0.5) is 0 Å². The second-order valence-electron chi connectivity index (χ2n) is 2.82. The molecule has 3 nitrogen and oxygen atoms in total. The van der Waals surface area contributed by atoms with Gasteiger partial charge in [0.1, 0.15) is 0 Å². The molecule has 2 rings (SSSR count). The van der Waals surface area contributed by atoms with E-state index in [0.717, 1.165) is 5.56 Å². The Balaban J connectivity index is 2.35. The average molecular weight is 174 g/mol. The Morgan fingerprint density at radius 2 is 2.00 bits per heavy atom. The van der Waals surface area contributed by atoms with E-state index in [1.807, 2.05) is 30.3 Å². The van der Waals surface area contributed by atoms with Gasteiger partial charge in [-0.3, -0.25) is 0 Å². The molecule has 1 atom stereocenters. The van der Waals surface area contributed by atoms with E-state index in [0.29, 0.717) is 0 Å². The largest absolute Gasteiger partial charge is 0.349 e. The lowest BCUT2D eigenvalue weighted by atomic mass is 10.1. The molecule has 0 amide bonds. The number of rotatable bonds is 1. The Bertz CT molecular complexity index is 345. The molecule has 2 N–H and O–H groups in total. The number of hydrogen-bond acceptors (Lipinski definition) is 3. The van der Waals surface area contributed by atoms with Crippen LogP contribution in [0.3, 0.4) is 0 Å². The van der Waals surface area contributed by atoms with E-state index in [4.69, 9.17) is 0 Å². The molecule has 1 aliphatic rings. The molecule has 0 fully saturated rings. The highest BCUT2D eigenvalue weighted by Crippen LogP contribution is 2.20. The summed E-state index contributed by atoms with van der Waals surface area (Å²) < 4.78 is 0. The summed E-state index contributed by atoms with van der Waals surface area (Å²) in [4.78, 5) is 3.96. The lowest BCUT2D eigenvalue weighted by molar-refractivity contribution is 0.0233. The molecule has 0 aliphatic carbocycles. The molecule has 1 aromatic rings. The number of allylic oxidation sites excluding steroid dienone is 1. The summed E-state index contributed by atoms with van der Waals surface area (Å²) in [6.45, 7) is 0. The van der Waals surface area contributed by atoms with Crippen LogP contribution in [-0.4, -0.2) is 11.3 Å². The number of aliphatic imine (C=N–C) groups is 1. The summed E-state index contributed by atoms with van der Waals surface area (Å²) in [6, 6.07) is 9.27. The summed E-state index contributed by atoms with van der Waals surface area (Å²) in [5, 5.41) is 12.8. The van der Waals surface area contributed by atoms with Gasteiger partial charge in [-0.15, -0.1) is 0 Å². The van der Waals surface area contributed by atoms with Crippen LogP contribution >= 0.6 is 0 Å². The molecular weight excluding hydrogens is 164 g/mol. The van der Waals surface area contributed by atoms with E-state index >= 15 is 0 Å². The maximum Gasteiger partial charge on any atom is 0.261 e. The lowest BCUT2D eigenvalue weighted by Crippen LogP contribution is -2.38. The van der Waals surface area contributed by atoms with Gasteiger partial charge in [-0.05, 0) is 6.08 Å². The standard InChI is InChI=1S/C10H10N2O/c13-10(11-7-4-8-12-10)9-5-2-1-3-6-9/h1-8,11,13H. The number of nitrogens with one attached hydrogen (secondary N) is 1. The van der Waals surface area contributed by atoms with Crippen LogP contribution in [-0.2, 0) is 5.85 Å². The number of hydrogen-bond donors (Lipinski definition) is 2. The zero-order valence-electron chi connectivity index (χ0n) is 7.01. The molecule has 3 heteroatoms. The normalized spacial score (nSPS) is 25.6. The topological polar surface area (TPSA) is 44.6 Å². The Morgan fingerprint density at radius 1 is 1.23 bits per heavy atom. The first-order valence-electron chi connectivity index (χ1n) is 4.07. The highest BCUT2D eigenvalue weighted by atomic mass is 16.3. The van der Waals surface area contributed by atoms with Crippen molar-refractivity contribution in [2.45, 2.75) is 5.85 Å². The van der Waals surface area contributed by atoms with E-state index in [-0.39, 0.29) is 0 Å². The van der Waals surface area contributed by atoms with Crippen molar-refractivity contribution in [2.24, 2.45) is 4.99 Å². The quantitative estimate of drug-likeness (QED) is 0.666. The summed E-state index contributed by atoms with van der Waals surface area (Å²) in [6.07, 6.45) is 4.97.